The lowest BCUT2D eigenvalue weighted by Gasteiger charge is -2.11. The largest absolute Gasteiger partial charge is 0.314 e. The molecule has 2 heterocycles. The van der Waals surface area contributed by atoms with Gasteiger partial charge in [0, 0.05) is 30.1 Å². The van der Waals surface area contributed by atoms with Crippen molar-refractivity contribution in [2.24, 2.45) is 0 Å². The van der Waals surface area contributed by atoms with E-state index in [1.807, 2.05) is 24.3 Å². The minimum Gasteiger partial charge on any atom is -0.314 e. The van der Waals surface area contributed by atoms with E-state index in [9.17, 15) is 19.7 Å². The number of nitro groups is 1. The van der Waals surface area contributed by atoms with Gasteiger partial charge < -0.3 is 4.57 Å². The van der Waals surface area contributed by atoms with E-state index in [4.69, 9.17) is 0 Å². The second-order valence-electron chi connectivity index (χ2n) is 6.56. The maximum Gasteiger partial charge on any atom is 0.271 e. The fourth-order valence-electron chi connectivity index (χ4n) is 3.07. The van der Waals surface area contributed by atoms with Crippen molar-refractivity contribution in [3.05, 3.63) is 88.7 Å². The molecule has 0 saturated heterocycles. The van der Waals surface area contributed by atoms with Crippen LogP contribution >= 0.6 is 0 Å². The smallest absolute Gasteiger partial charge is 0.271 e. The molecule has 2 amide bonds. The molecule has 4 aromatic rings. The summed E-state index contributed by atoms with van der Waals surface area (Å²) in [6, 6.07) is 16.4. The van der Waals surface area contributed by atoms with Gasteiger partial charge in [0.25, 0.3) is 17.5 Å². The molecule has 0 fully saturated rings. The van der Waals surface area contributed by atoms with Crippen LogP contribution in [0.15, 0.2) is 73.1 Å². The molecule has 2 aromatic heterocycles. The number of hydrazine groups is 1. The van der Waals surface area contributed by atoms with Crippen LogP contribution in [-0.4, -0.2) is 31.3 Å². The topological polar surface area (TPSA) is 132 Å². The summed E-state index contributed by atoms with van der Waals surface area (Å²) in [5.41, 5.74) is 7.00. The van der Waals surface area contributed by atoms with Crippen molar-refractivity contribution in [1.29, 1.82) is 0 Å². The Labute approximate surface area is 175 Å². The van der Waals surface area contributed by atoms with Gasteiger partial charge in [0.2, 0.25) is 0 Å². The number of nitro benzene ring substituents is 1. The molecular formula is C21H16N6O4. The Balaban J connectivity index is 1.57. The number of rotatable bonds is 5. The van der Waals surface area contributed by atoms with Crippen molar-refractivity contribution in [2.45, 2.75) is 6.54 Å². The molecule has 10 heteroatoms. The SMILES string of the molecule is O=C(Cn1c(-c2ccc([N+](=O)[O-])cc2)nc2ccccc21)NNC(=O)c1cccnc1. The maximum atomic E-state index is 12.5. The van der Waals surface area contributed by atoms with Crippen LogP contribution in [0.5, 0.6) is 0 Å². The number of pyridine rings is 1. The molecule has 0 bridgehead atoms. The predicted molar refractivity (Wildman–Crippen MR) is 112 cm³/mol. The van der Waals surface area contributed by atoms with Gasteiger partial charge in [-0.3, -0.25) is 35.5 Å². The highest BCUT2D eigenvalue weighted by Crippen LogP contribution is 2.26. The molecule has 0 aliphatic carbocycles. The number of non-ortho nitro benzene ring substituents is 1. The normalized spacial score (nSPS) is 10.6. The fourth-order valence-corrected chi connectivity index (χ4v) is 3.07. The summed E-state index contributed by atoms with van der Waals surface area (Å²) in [4.78, 5) is 43.5. The van der Waals surface area contributed by atoms with Crippen LogP contribution < -0.4 is 10.9 Å². The Hall–Kier alpha value is -4.60. The van der Waals surface area contributed by atoms with Crippen LogP contribution in [0.4, 0.5) is 5.69 Å². The van der Waals surface area contributed by atoms with Crippen molar-refractivity contribution < 1.29 is 14.5 Å². The lowest BCUT2D eigenvalue weighted by Crippen LogP contribution is -2.43. The third kappa shape index (κ3) is 4.22. The first-order chi connectivity index (χ1) is 15.0. The molecular weight excluding hydrogens is 400 g/mol. The average Bonchev–Trinajstić information content (AvgIpc) is 3.16. The number of carbonyl (C=O) groups excluding carboxylic acids is 2. The van der Waals surface area contributed by atoms with E-state index < -0.39 is 16.7 Å². The summed E-state index contributed by atoms with van der Waals surface area (Å²) in [5.74, 6) is -0.485. The van der Waals surface area contributed by atoms with Gasteiger partial charge in [0.1, 0.15) is 12.4 Å². The van der Waals surface area contributed by atoms with Crippen LogP contribution in [0.2, 0.25) is 0 Å². The molecule has 0 saturated carbocycles. The minimum atomic E-state index is -0.493. The van der Waals surface area contributed by atoms with Crippen LogP contribution in [-0.2, 0) is 11.3 Å². The molecule has 154 valence electrons. The fraction of sp³-hybridized carbons (Fsp3) is 0.0476. The number of hydrogen-bond acceptors (Lipinski definition) is 6. The summed E-state index contributed by atoms with van der Waals surface area (Å²) >= 11 is 0. The molecule has 0 radical (unpaired) electrons. The first kappa shape index (κ1) is 19.7. The number of fused-ring (bicyclic) bond motifs is 1. The number of hydrogen-bond donors (Lipinski definition) is 2. The highest BCUT2D eigenvalue weighted by atomic mass is 16.6. The average molecular weight is 416 g/mol. The number of nitrogens with zero attached hydrogens (tertiary/aromatic N) is 4. The van der Waals surface area contributed by atoms with Gasteiger partial charge in [-0.15, -0.1) is 0 Å². The Kier molecular flexibility index (Phi) is 5.35. The third-order valence-corrected chi connectivity index (χ3v) is 4.53. The number of aromatic nitrogens is 3. The highest BCUT2D eigenvalue weighted by Gasteiger charge is 2.17. The molecule has 2 aromatic carbocycles. The summed E-state index contributed by atoms with van der Waals surface area (Å²) in [6.45, 7) is -0.125. The number of benzene rings is 2. The maximum absolute atomic E-state index is 12.5. The van der Waals surface area contributed by atoms with Crippen LogP contribution in [0, 0.1) is 10.1 Å². The van der Waals surface area contributed by atoms with E-state index in [0.29, 0.717) is 28.0 Å². The molecule has 4 rings (SSSR count). The molecule has 0 spiro atoms. The van der Waals surface area contributed by atoms with E-state index in [1.54, 1.807) is 35.0 Å². The first-order valence-electron chi connectivity index (χ1n) is 9.22. The zero-order valence-corrected chi connectivity index (χ0v) is 16.1. The van der Waals surface area contributed by atoms with Gasteiger partial charge in [-0.05, 0) is 36.4 Å². The molecule has 0 aliphatic heterocycles. The second-order valence-corrected chi connectivity index (χ2v) is 6.56. The van der Waals surface area contributed by atoms with E-state index in [2.05, 4.69) is 20.8 Å². The number of amides is 2. The van der Waals surface area contributed by atoms with Crippen molar-refractivity contribution in [3.8, 4) is 11.4 Å². The summed E-state index contributed by atoms with van der Waals surface area (Å²) in [7, 11) is 0. The van der Waals surface area contributed by atoms with Crippen molar-refractivity contribution in [2.75, 3.05) is 0 Å². The molecule has 0 aliphatic rings. The van der Waals surface area contributed by atoms with E-state index in [-0.39, 0.29) is 12.2 Å². The highest BCUT2D eigenvalue weighted by molar-refractivity contribution is 5.95. The molecule has 10 nitrogen and oxygen atoms in total. The zero-order chi connectivity index (χ0) is 21.8. The van der Waals surface area contributed by atoms with Crippen LogP contribution in [0.1, 0.15) is 10.4 Å². The Morgan fingerprint density at radius 2 is 1.77 bits per heavy atom. The number of nitrogens with one attached hydrogen (secondary N) is 2. The summed E-state index contributed by atoms with van der Waals surface area (Å²) < 4.78 is 1.68. The number of para-hydroxylation sites is 2. The van der Waals surface area contributed by atoms with Gasteiger partial charge in [0.05, 0.1) is 21.5 Å². The van der Waals surface area contributed by atoms with Crippen LogP contribution in [0.3, 0.4) is 0 Å². The minimum absolute atomic E-state index is 0.0396. The lowest BCUT2D eigenvalue weighted by atomic mass is 10.2. The summed E-state index contributed by atoms with van der Waals surface area (Å²) in [6.07, 6.45) is 2.93. The zero-order valence-electron chi connectivity index (χ0n) is 16.1. The van der Waals surface area contributed by atoms with Crippen molar-refractivity contribution in [3.63, 3.8) is 0 Å². The lowest BCUT2D eigenvalue weighted by molar-refractivity contribution is -0.384. The van der Waals surface area contributed by atoms with Gasteiger partial charge >= 0.3 is 0 Å². The quantitative estimate of drug-likeness (QED) is 0.379. The Morgan fingerprint density at radius 1 is 1.00 bits per heavy atom. The molecule has 31 heavy (non-hydrogen) atoms. The monoisotopic (exact) mass is 416 g/mol. The molecule has 2 N–H and O–H groups in total. The predicted octanol–water partition coefficient (Wildman–Crippen LogP) is 2.47. The standard InChI is InChI=1S/C21H16N6O4/c28-19(24-25-21(29)15-4-3-11-22-12-15)13-26-18-6-2-1-5-17(18)23-20(26)14-7-9-16(10-8-14)27(30)31/h1-12H,13H2,(H,24,28)(H,25,29). The van der Waals surface area contributed by atoms with Gasteiger partial charge in [-0.1, -0.05) is 12.1 Å². The van der Waals surface area contributed by atoms with Crippen LogP contribution in [0.25, 0.3) is 22.4 Å². The third-order valence-electron chi connectivity index (χ3n) is 4.53. The Morgan fingerprint density at radius 3 is 2.48 bits per heavy atom. The van der Waals surface area contributed by atoms with Gasteiger partial charge in [-0.25, -0.2) is 4.98 Å². The van der Waals surface area contributed by atoms with Crippen molar-refractivity contribution >= 4 is 28.5 Å². The Bertz CT molecular complexity index is 1270. The number of carbonyl (C=O) groups is 2. The van der Waals surface area contributed by atoms with Crippen molar-refractivity contribution in [1.82, 2.24) is 25.4 Å². The molecule has 0 unspecified atom stereocenters. The number of imidazole rings is 1. The van der Waals surface area contributed by atoms with E-state index >= 15 is 0 Å². The van der Waals surface area contributed by atoms with E-state index in [0.717, 1.165) is 0 Å². The second kappa shape index (κ2) is 8.41. The van der Waals surface area contributed by atoms with Gasteiger partial charge in [-0.2, -0.15) is 0 Å². The summed E-state index contributed by atoms with van der Waals surface area (Å²) in [5, 5.41) is 10.9. The van der Waals surface area contributed by atoms with E-state index in [1.165, 1.54) is 18.3 Å². The van der Waals surface area contributed by atoms with Gasteiger partial charge in [0.15, 0.2) is 0 Å². The molecule has 0 atom stereocenters. The first-order valence-corrected chi connectivity index (χ1v) is 9.22.